The molecule has 4 aliphatic rings. The minimum absolute atomic E-state index is 0.239. The molecule has 0 amide bonds. The fraction of sp³-hybridized carbons (Fsp3) is 0.824. The highest BCUT2D eigenvalue weighted by molar-refractivity contribution is 5.87. The molecule has 20 heavy (non-hydrogen) atoms. The summed E-state index contributed by atoms with van der Waals surface area (Å²) in [6, 6.07) is 0. The van der Waals surface area contributed by atoms with Crippen molar-refractivity contribution in [2.24, 2.45) is 23.7 Å². The number of rotatable bonds is 5. The molecule has 0 radical (unpaired) electrons. The Hall–Kier alpha value is -0.830. The van der Waals surface area contributed by atoms with Crippen LogP contribution in [0.15, 0.2) is 12.2 Å². The van der Waals surface area contributed by atoms with Crippen LogP contribution in [0.1, 0.15) is 46.0 Å². The Kier molecular flexibility index (Phi) is 3.65. The van der Waals surface area contributed by atoms with Gasteiger partial charge in [-0.3, -0.25) is 0 Å². The molecule has 0 aliphatic heterocycles. The van der Waals surface area contributed by atoms with E-state index in [0.717, 1.165) is 11.8 Å². The van der Waals surface area contributed by atoms with Crippen LogP contribution in [0.3, 0.4) is 0 Å². The molecular weight excluding hydrogens is 252 g/mol. The first kappa shape index (κ1) is 14.1. The van der Waals surface area contributed by atoms with Gasteiger partial charge < -0.3 is 9.47 Å². The van der Waals surface area contributed by atoms with Crippen LogP contribution in [-0.2, 0) is 14.3 Å². The van der Waals surface area contributed by atoms with Gasteiger partial charge in [-0.15, -0.1) is 0 Å². The summed E-state index contributed by atoms with van der Waals surface area (Å²) in [6.45, 7) is 8.71. The molecule has 0 N–H and O–H groups in total. The van der Waals surface area contributed by atoms with Crippen molar-refractivity contribution in [1.29, 1.82) is 0 Å². The van der Waals surface area contributed by atoms with E-state index in [9.17, 15) is 4.79 Å². The lowest BCUT2D eigenvalue weighted by Gasteiger charge is -2.59. The molecule has 0 aromatic carbocycles. The summed E-state index contributed by atoms with van der Waals surface area (Å²) in [5, 5.41) is 0. The Morgan fingerprint density at radius 2 is 1.70 bits per heavy atom. The van der Waals surface area contributed by atoms with E-state index < -0.39 is 0 Å². The van der Waals surface area contributed by atoms with Gasteiger partial charge in [0, 0.05) is 24.0 Å². The highest BCUT2D eigenvalue weighted by atomic mass is 16.6. The topological polar surface area (TPSA) is 35.5 Å². The number of carbonyl (C=O) groups is 1. The van der Waals surface area contributed by atoms with Crippen LogP contribution in [0, 0.1) is 23.7 Å². The van der Waals surface area contributed by atoms with E-state index in [2.05, 4.69) is 6.58 Å². The summed E-state index contributed by atoms with van der Waals surface area (Å²) >= 11 is 0. The van der Waals surface area contributed by atoms with Crippen molar-refractivity contribution in [1.82, 2.24) is 0 Å². The molecule has 112 valence electrons. The van der Waals surface area contributed by atoms with Crippen LogP contribution in [0.2, 0.25) is 0 Å². The minimum Gasteiger partial charge on any atom is -0.453 e. The first-order chi connectivity index (χ1) is 9.55. The fourth-order valence-electron chi connectivity index (χ4n) is 4.94. The summed E-state index contributed by atoms with van der Waals surface area (Å²) in [5.41, 5.74) is 0.120. The van der Waals surface area contributed by atoms with Crippen LogP contribution in [0.25, 0.3) is 0 Å². The number of hydrogen-bond acceptors (Lipinski definition) is 3. The van der Waals surface area contributed by atoms with Crippen LogP contribution >= 0.6 is 0 Å². The summed E-state index contributed by atoms with van der Waals surface area (Å²) in [4.78, 5) is 12.1. The van der Waals surface area contributed by atoms with E-state index in [0.29, 0.717) is 30.6 Å². The van der Waals surface area contributed by atoms with Gasteiger partial charge in [0.15, 0.2) is 0 Å². The average Bonchev–Trinajstić information content (AvgIpc) is 2.40. The van der Waals surface area contributed by atoms with Gasteiger partial charge in [0.05, 0.1) is 6.61 Å². The van der Waals surface area contributed by atoms with Crippen molar-refractivity contribution in [3.8, 4) is 0 Å². The van der Waals surface area contributed by atoms with E-state index in [4.69, 9.17) is 9.47 Å². The Labute approximate surface area is 121 Å². The van der Waals surface area contributed by atoms with Gasteiger partial charge in [-0.05, 0) is 57.8 Å². The monoisotopic (exact) mass is 278 g/mol. The second-order valence-corrected chi connectivity index (χ2v) is 7.07. The lowest BCUT2D eigenvalue weighted by atomic mass is 9.50. The molecule has 0 heterocycles. The van der Waals surface area contributed by atoms with Gasteiger partial charge in [-0.25, -0.2) is 4.79 Å². The number of esters is 1. The third kappa shape index (κ3) is 2.20. The molecule has 4 aliphatic carbocycles. The molecule has 4 fully saturated rings. The second kappa shape index (κ2) is 5.18. The van der Waals surface area contributed by atoms with E-state index >= 15 is 0 Å². The van der Waals surface area contributed by atoms with E-state index in [1.54, 1.807) is 6.92 Å². The number of carbonyl (C=O) groups excluding carboxylic acids is 1. The summed E-state index contributed by atoms with van der Waals surface area (Å²) in [5.74, 6) is 2.46. The van der Waals surface area contributed by atoms with Gasteiger partial charge in [0.1, 0.15) is 5.60 Å². The number of hydrogen-bond donors (Lipinski definition) is 0. The van der Waals surface area contributed by atoms with Crippen molar-refractivity contribution in [3.05, 3.63) is 12.2 Å². The maximum atomic E-state index is 12.1. The molecule has 0 unspecified atom stereocenters. The van der Waals surface area contributed by atoms with E-state index in [-0.39, 0.29) is 11.6 Å². The first-order valence-corrected chi connectivity index (χ1v) is 8.01. The summed E-state index contributed by atoms with van der Waals surface area (Å²) in [6.07, 6.45) is 6.24. The van der Waals surface area contributed by atoms with Gasteiger partial charge in [-0.2, -0.15) is 0 Å². The van der Waals surface area contributed by atoms with E-state index in [1.165, 1.54) is 32.1 Å². The quantitative estimate of drug-likeness (QED) is 0.571. The molecule has 0 saturated heterocycles. The molecule has 0 aromatic heterocycles. The van der Waals surface area contributed by atoms with Crippen molar-refractivity contribution in [2.45, 2.75) is 51.6 Å². The van der Waals surface area contributed by atoms with Gasteiger partial charge in [0.25, 0.3) is 0 Å². The van der Waals surface area contributed by atoms with E-state index in [1.807, 2.05) is 6.92 Å². The zero-order chi connectivity index (χ0) is 14.3. The van der Waals surface area contributed by atoms with Gasteiger partial charge in [0.2, 0.25) is 0 Å². The highest BCUT2D eigenvalue weighted by Gasteiger charge is 2.59. The van der Waals surface area contributed by atoms with Crippen molar-refractivity contribution in [3.63, 3.8) is 0 Å². The third-order valence-electron chi connectivity index (χ3n) is 5.68. The molecule has 3 nitrogen and oxygen atoms in total. The molecule has 4 rings (SSSR count). The minimum atomic E-state index is -0.376. The predicted molar refractivity (Wildman–Crippen MR) is 77.2 cm³/mol. The molecule has 3 heteroatoms. The van der Waals surface area contributed by atoms with Crippen LogP contribution < -0.4 is 0 Å². The SMILES string of the molecule is C=C(C)C(=O)OC1(COCC)C2CC3CC(C2)CC1C3. The summed E-state index contributed by atoms with van der Waals surface area (Å²) < 4.78 is 11.8. The Morgan fingerprint density at radius 3 is 2.15 bits per heavy atom. The average molecular weight is 278 g/mol. The molecule has 0 aromatic rings. The maximum Gasteiger partial charge on any atom is 0.333 e. The lowest BCUT2D eigenvalue weighted by Crippen LogP contribution is -2.62. The van der Waals surface area contributed by atoms with Crippen molar-refractivity contribution >= 4 is 5.97 Å². The fourth-order valence-corrected chi connectivity index (χ4v) is 4.94. The van der Waals surface area contributed by atoms with Crippen LogP contribution in [-0.4, -0.2) is 24.8 Å². The van der Waals surface area contributed by atoms with Crippen LogP contribution in [0.4, 0.5) is 0 Å². The molecular formula is C17H26O3. The largest absolute Gasteiger partial charge is 0.453 e. The molecule has 4 bridgehead atoms. The normalized spacial score (nSPS) is 41.7. The summed E-state index contributed by atoms with van der Waals surface area (Å²) in [7, 11) is 0. The third-order valence-corrected chi connectivity index (χ3v) is 5.68. The molecule has 4 saturated carbocycles. The Morgan fingerprint density at radius 1 is 1.15 bits per heavy atom. The molecule has 0 spiro atoms. The zero-order valence-corrected chi connectivity index (χ0v) is 12.7. The van der Waals surface area contributed by atoms with Gasteiger partial charge >= 0.3 is 5.97 Å². The zero-order valence-electron chi connectivity index (χ0n) is 12.7. The first-order valence-electron chi connectivity index (χ1n) is 8.01. The lowest BCUT2D eigenvalue weighted by molar-refractivity contribution is -0.222. The Bertz CT molecular complexity index is 384. The highest BCUT2D eigenvalue weighted by Crippen LogP contribution is 2.59. The predicted octanol–water partition coefficient (Wildman–Crippen LogP) is 3.34. The number of ether oxygens (including phenoxy) is 2. The maximum absolute atomic E-state index is 12.1. The molecule has 0 atom stereocenters. The Balaban J connectivity index is 1.85. The van der Waals surface area contributed by atoms with Gasteiger partial charge in [-0.1, -0.05) is 6.58 Å². The standard InChI is InChI=1S/C17H26O3/c1-4-19-10-17(20-16(18)11(2)3)14-6-12-5-13(8-14)9-15(17)7-12/h12-15H,2,4-10H2,1,3H3. The van der Waals surface area contributed by atoms with Crippen molar-refractivity contribution < 1.29 is 14.3 Å². The van der Waals surface area contributed by atoms with Crippen LogP contribution in [0.5, 0.6) is 0 Å². The van der Waals surface area contributed by atoms with Crippen molar-refractivity contribution in [2.75, 3.05) is 13.2 Å². The second-order valence-electron chi connectivity index (χ2n) is 7.07. The smallest absolute Gasteiger partial charge is 0.333 e.